The quantitative estimate of drug-likeness (QED) is 0.0964. The molecule has 56 heavy (non-hydrogen) atoms. The number of benzene rings is 7. The maximum Gasteiger partial charge on any atom is 0.161 e. The first-order chi connectivity index (χ1) is 27.7. The molecule has 3 aromatic heterocycles. The van der Waals surface area contributed by atoms with Gasteiger partial charge in [0.15, 0.2) is 11.7 Å². The molecule has 0 N–H and O–H groups in total. The van der Waals surface area contributed by atoms with Gasteiger partial charge in [0.1, 0.15) is 0 Å². The Morgan fingerprint density at radius 3 is 1.71 bits per heavy atom. The van der Waals surface area contributed by atoms with Gasteiger partial charge in [-0.2, -0.15) is 0 Å². The van der Waals surface area contributed by atoms with Crippen molar-refractivity contribution in [1.82, 2.24) is 8.97 Å². The topological polar surface area (TPSA) is 46.4 Å². The van der Waals surface area contributed by atoms with Crippen LogP contribution in [0.2, 0.25) is 0 Å². The lowest BCUT2D eigenvalue weighted by Gasteiger charge is -2.11. The van der Waals surface area contributed by atoms with Crippen LogP contribution in [0.25, 0.3) is 65.6 Å². The number of aliphatic imine (C=N–C) groups is 3. The minimum atomic E-state index is 0.452. The van der Waals surface area contributed by atoms with Gasteiger partial charge in [-0.05, 0) is 60.1 Å². The van der Waals surface area contributed by atoms with E-state index in [1.807, 2.05) is 60.7 Å². The van der Waals surface area contributed by atoms with Crippen molar-refractivity contribution in [3.05, 3.63) is 193 Å². The van der Waals surface area contributed by atoms with Gasteiger partial charge in [0.2, 0.25) is 0 Å². The average Bonchev–Trinajstić information content (AvgIpc) is 3.79. The molecule has 0 radical (unpaired) electrons. The summed E-state index contributed by atoms with van der Waals surface area (Å²) >= 11 is 0. The number of rotatable bonds is 5. The van der Waals surface area contributed by atoms with Crippen molar-refractivity contribution in [1.29, 1.82) is 0 Å². The van der Waals surface area contributed by atoms with Crippen LogP contribution in [0.3, 0.4) is 0 Å². The predicted octanol–water partition coefficient (Wildman–Crippen LogP) is 13.0. The summed E-state index contributed by atoms with van der Waals surface area (Å²) in [5.41, 5.74) is 9.96. The number of aromatic nitrogens is 2. The summed E-state index contributed by atoms with van der Waals surface area (Å²) < 4.78 is 4.83. The molecule has 10 rings (SSSR count). The van der Waals surface area contributed by atoms with E-state index < -0.39 is 0 Å². The van der Waals surface area contributed by atoms with Crippen LogP contribution in [-0.4, -0.2) is 27.4 Å². The van der Waals surface area contributed by atoms with Gasteiger partial charge in [0.25, 0.3) is 0 Å². The fourth-order valence-corrected chi connectivity index (χ4v) is 7.86. The normalized spacial score (nSPS) is 12.2. The molecule has 7 aromatic carbocycles. The molecule has 10 aromatic rings. The van der Waals surface area contributed by atoms with Gasteiger partial charge in [-0.25, -0.2) is 9.98 Å². The zero-order valence-corrected chi connectivity index (χ0v) is 31.6. The van der Waals surface area contributed by atoms with Gasteiger partial charge in [-0.3, -0.25) is 4.99 Å². The smallest absolute Gasteiger partial charge is 0.161 e. The van der Waals surface area contributed by atoms with Crippen LogP contribution < -0.4 is 0 Å². The van der Waals surface area contributed by atoms with E-state index in [1.54, 1.807) is 0 Å². The SMILES string of the molecule is C=NC(=NC(=NCc1cccc(-n2c3ccccc3c3cc4c(cc32)cc2c3ccccc3c3ccccc3n42)c1)c1ccccc1)c1ccccc1.CCC. The summed E-state index contributed by atoms with van der Waals surface area (Å²) in [7, 11) is 0. The molecular weight excluding hydrogens is 683 g/mol. The lowest BCUT2D eigenvalue weighted by atomic mass is 10.1. The van der Waals surface area contributed by atoms with Gasteiger partial charge < -0.3 is 8.97 Å². The van der Waals surface area contributed by atoms with E-state index in [0.29, 0.717) is 18.2 Å². The van der Waals surface area contributed by atoms with Crippen molar-refractivity contribution in [2.45, 2.75) is 26.8 Å². The molecule has 0 fully saturated rings. The number of fused-ring (bicyclic) bond motifs is 11. The van der Waals surface area contributed by atoms with E-state index in [0.717, 1.165) is 22.4 Å². The highest BCUT2D eigenvalue weighted by Gasteiger charge is 2.18. The van der Waals surface area contributed by atoms with E-state index in [1.165, 1.54) is 66.3 Å². The lowest BCUT2D eigenvalue weighted by molar-refractivity contribution is 1.05. The fraction of sp³-hybridized carbons (Fsp3) is 0.0784. The average molecular weight is 724 g/mol. The summed E-state index contributed by atoms with van der Waals surface area (Å²) in [4.78, 5) is 14.3. The van der Waals surface area contributed by atoms with Gasteiger partial charge in [-0.15, -0.1) is 0 Å². The Morgan fingerprint density at radius 2 is 1.04 bits per heavy atom. The number of hydrogen-bond acceptors (Lipinski definition) is 1. The Morgan fingerprint density at radius 1 is 0.482 bits per heavy atom. The number of amidine groups is 2. The molecule has 270 valence electrons. The molecule has 0 atom stereocenters. The zero-order valence-electron chi connectivity index (χ0n) is 31.6. The van der Waals surface area contributed by atoms with Crippen LogP contribution in [-0.2, 0) is 6.54 Å². The van der Waals surface area contributed by atoms with Crippen LogP contribution in [0.15, 0.2) is 191 Å². The van der Waals surface area contributed by atoms with Crippen molar-refractivity contribution in [2.24, 2.45) is 15.0 Å². The Kier molecular flexibility index (Phi) is 9.26. The van der Waals surface area contributed by atoms with Gasteiger partial charge in [0, 0.05) is 43.7 Å². The largest absolute Gasteiger partial charge is 0.309 e. The van der Waals surface area contributed by atoms with Crippen molar-refractivity contribution in [3.8, 4) is 5.69 Å². The van der Waals surface area contributed by atoms with Gasteiger partial charge in [-0.1, -0.05) is 154 Å². The number of nitrogens with zero attached hydrogens (tertiary/aromatic N) is 5. The third kappa shape index (κ3) is 6.13. The standard InChI is InChI=1S/C48H33N5.C3H8/c1-49-47(33-16-4-2-5-17-33)51-48(34-18-6-3-7-19-34)50-31-32-15-14-20-36(27-32)52-42-25-12-11-24-40(42)41-30-44-35(29-46(41)52)28-45-39-23-9-8-21-37(39)38-22-10-13-26-43(38)53(44)45;1-3-2/h2-30H,1,31H2;3H2,1-2H3. The summed E-state index contributed by atoms with van der Waals surface area (Å²) in [5, 5.41) is 7.44. The third-order valence-corrected chi connectivity index (χ3v) is 10.2. The molecule has 0 bridgehead atoms. The molecule has 5 nitrogen and oxygen atoms in total. The Hall–Kier alpha value is -7.11. The first kappa shape index (κ1) is 34.6. The third-order valence-electron chi connectivity index (χ3n) is 10.2. The van der Waals surface area contributed by atoms with Crippen molar-refractivity contribution in [2.75, 3.05) is 0 Å². The molecule has 0 aliphatic rings. The number of hydrogen-bond donors (Lipinski definition) is 0. The van der Waals surface area contributed by atoms with Gasteiger partial charge in [0.05, 0.1) is 34.1 Å². The van der Waals surface area contributed by atoms with E-state index in [4.69, 9.17) is 9.98 Å². The summed E-state index contributed by atoms with van der Waals surface area (Å²) in [6.07, 6.45) is 1.25. The van der Waals surface area contributed by atoms with Crippen molar-refractivity contribution < 1.29 is 0 Å². The van der Waals surface area contributed by atoms with Crippen LogP contribution in [0.1, 0.15) is 37.0 Å². The summed E-state index contributed by atoms with van der Waals surface area (Å²) in [6.45, 7) is 8.51. The second-order valence-corrected chi connectivity index (χ2v) is 14.1. The zero-order chi connectivity index (χ0) is 38.0. The minimum Gasteiger partial charge on any atom is -0.309 e. The van der Waals surface area contributed by atoms with Crippen LogP contribution in [0.4, 0.5) is 0 Å². The maximum atomic E-state index is 5.07. The Balaban J connectivity index is 0.00000133. The highest BCUT2D eigenvalue weighted by Crippen LogP contribution is 2.39. The summed E-state index contributed by atoms with van der Waals surface area (Å²) in [5.74, 6) is 1.15. The van der Waals surface area contributed by atoms with E-state index >= 15 is 0 Å². The monoisotopic (exact) mass is 723 g/mol. The van der Waals surface area contributed by atoms with E-state index in [9.17, 15) is 0 Å². The molecule has 0 unspecified atom stereocenters. The maximum absolute atomic E-state index is 5.07. The van der Waals surface area contributed by atoms with Crippen LogP contribution in [0.5, 0.6) is 0 Å². The molecule has 0 aliphatic heterocycles. The van der Waals surface area contributed by atoms with Crippen molar-refractivity contribution >= 4 is 78.3 Å². The molecule has 0 saturated heterocycles. The highest BCUT2D eigenvalue weighted by atomic mass is 15.0. The molecule has 5 heteroatoms. The second kappa shape index (κ2) is 15.0. The van der Waals surface area contributed by atoms with Crippen molar-refractivity contribution in [3.63, 3.8) is 0 Å². The minimum absolute atomic E-state index is 0.452. The first-order valence-electron chi connectivity index (χ1n) is 19.2. The second-order valence-electron chi connectivity index (χ2n) is 14.1. The molecule has 3 heterocycles. The molecule has 0 saturated carbocycles. The van der Waals surface area contributed by atoms with E-state index in [2.05, 4.69) is 150 Å². The van der Waals surface area contributed by atoms with Gasteiger partial charge >= 0.3 is 0 Å². The Bertz CT molecular complexity index is 3110. The predicted molar refractivity (Wildman–Crippen MR) is 239 cm³/mol. The molecule has 0 amide bonds. The molecule has 0 spiro atoms. The molecule has 0 aliphatic carbocycles. The first-order valence-corrected chi connectivity index (χ1v) is 19.2. The number of pyridine rings is 1. The Labute approximate surface area is 326 Å². The van der Waals surface area contributed by atoms with Crippen LogP contribution in [0, 0.1) is 0 Å². The lowest BCUT2D eigenvalue weighted by Crippen LogP contribution is -2.05. The van der Waals surface area contributed by atoms with Crippen LogP contribution >= 0.6 is 0 Å². The highest BCUT2D eigenvalue weighted by molar-refractivity contribution is 6.19. The molecular formula is C51H41N5. The fourth-order valence-electron chi connectivity index (χ4n) is 7.86. The number of para-hydroxylation sites is 2. The summed E-state index contributed by atoms with van der Waals surface area (Å²) in [6, 6.07) is 61.9. The van der Waals surface area contributed by atoms with E-state index in [-0.39, 0.29) is 0 Å².